The maximum Gasteiger partial charge on any atom is 0.329 e. The fraction of sp³-hybridized carbons (Fsp3) is 0.400. The van der Waals surface area contributed by atoms with Crippen LogP contribution in [0.2, 0.25) is 0 Å². The van der Waals surface area contributed by atoms with Gasteiger partial charge in [-0.1, -0.05) is 19.9 Å². The number of anilines is 1. The van der Waals surface area contributed by atoms with Gasteiger partial charge in [0.2, 0.25) is 0 Å². The Kier molecular flexibility index (Phi) is 7.92. The molecule has 0 radical (unpaired) electrons. The van der Waals surface area contributed by atoms with Crippen LogP contribution < -0.4 is 20.1 Å². The summed E-state index contributed by atoms with van der Waals surface area (Å²) < 4.78 is 15.6. The first-order chi connectivity index (χ1) is 15.8. The Morgan fingerprint density at radius 2 is 1.61 bits per heavy atom. The van der Waals surface area contributed by atoms with E-state index in [1.165, 1.54) is 25.3 Å². The molecular weight excluding hydrogens is 424 g/mol. The summed E-state index contributed by atoms with van der Waals surface area (Å²) >= 11 is 0. The minimum absolute atomic E-state index is 0.256. The summed E-state index contributed by atoms with van der Waals surface area (Å²) in [6.07, 6.45) is 3.18. The summed E-state index contributed by atoms with van der Waals surface area (Å²) in [4.78, 5) is 37.7. The molecule has 0 aromatic heterocycles. The van der Waals surface area contributed by atoms with E-state index in [0.717, 1.165) is 19.3 Å². The van der Waals surface area contributed by atoms with Gasteiger partial charge in [-0.05, 0) is 60.6 Å². The van der Waals surface area contributed by atoms with Gasteiger partial charge in [-0.25, -0.2) is 4.79 Å². The molecule has 2 N–H and O–H groups in total. The molecule has 0 saturated carbocycles. The van der Waals surface area contributed by atoms with Gasteiger partial charge in [-0.3, -0.25) is 9.59 Å². The van der Waals surface area contributed by atoms with Crippen LogP contribution in [0.4, 0.5) is 5.69 Å². The van der Waals surface area contributed by atoms with Gasteiger partial charge in [-0.2, -0.15) is 0 Å². The number of methoxy groups -OCH3 is 2. The molecule has 0 unspecified atom stereocenters. The van der Waals surface area contributed by atoms with Gasteiger partial charge in [0.1, 0.15) is 17.5 Å². The average molecular weight is 455 g/mol. The van der Waals surface area contributed by atoms with Crippen molar-refractivity contribution in [1.29, 1.82) is 0 Å². The second kappa shape index (κ2) is 10.8. The molecule has 1 aliphatic carbocycles. The van der Waals surface area contributed by atoms with E-state index in [1.54, 1.807) is 32.0 Å². The number of ether oxygens (including phenoxy) is 3. The molecule has 0 aliphatic heterocycles. The average Bonchev–Trinajstić information content (AvgIpc) is 3.28. The van der Waals surface area contributed by atoms with Gasteiger partial charge in [0.05, 0.1) is 14.2 Å². The summed E-state index contributed by atoms with van der Waals surface area (Å²) in [5.74, 6) is -0.957. The van der Waals surface area contributed by atoms with Crippen molar-refractivity contribution in [3.63, 3.8) is 0 Å². The molecule has 0 fully saturated rings. The highest BCUT2D eigenvalue weighted by molar-refractivity contribution is 5.98. The molecule has 0 spiro atoms. The Morgan fingerprint density at radius 3 is 2.24 bits per heavy atom. The van der Waals surface area contributed by atoms with Crippen molar-refractivity contribution in [2.45, 2.75) is 39.2 Å². The van der Waals surface area contributed by atoms with Crippen molar-refractivity contribution < 1.29 is 28.6 Å². The maximum atomic E-state index is 12.8. The lowest BCUT2D eigenvalue weighted by molar-refractivity contribution is -0.150. The van der Waals surface area contributed by atoms with E-state index in [9.17, 15) is 14.4 Å². The third-order valence-electron chi connectivity index (χ3n) is 5.55. The zero-order chi connectivity index (χ0) is 24.0. The first kappa shape index (κ1) is 24.1. The number of aryl methyl sites for hydroxylation is 2. The van der Waals surface area contributed by atoms with Crippen molar-refractivity contribution >= 4 is 23.5 Å². The van der Waals surface area contributed by atoms with Gasteiger partial charge < -0.3 is 24.8 Å². The normalized spacial score (nSPS) is 13.1. The first-order valence-corrected chi connectivity index (χ1v) is 10.9. The molecule has 8 nitrogen and oxygen atoms in total. The second-order valence-electron chi connectivity index (χ2n) is 8.29. The molecule has 8 heteroatoms. The minimum Gasteiger partial charge on any atom is -0.497 e. The number of hydrogen-bond acceptors (Lipinski definition) is 6. The monoisotopic (exact) mass is 454 g/mol. The molecule has 1 atom stereocenters. The van der Waals surface area contributed by atoms with Crippen LogP contribution in [0, 0.1) is 5.92 Å². The van der Waals surface area contributed by atoms with Crippen LogP contribution in [0.25, 0.3) is 0 Å². The topological polar surface area (TPSA) is 103 Å². The zero-order valence-corrected chi connectivity index (χ0v) is 19.4. The van der Waals surface area contributed by atoms with E-state index < -0.39 is 30.4 Å². The predicted octanol–water partition coefficient (Wildman–Crippen LogP) is 3.13. The maximum absolute atomic E-state index is 12.8. The Balaban J connectivity index is 1.58. The molecule has 33 heavy (non-hydrogen) atoms. The third-order valence-corrected chi connectivity index (χ3v) is 5.55. The Hall–Kier alpha value is -3.55. The molecule has 176 valence electrons. The molecule has 0 saturated heterocycles. The molecule has 2 aromatic carbocycles. The molecule has 0 bridgehead atoms. The van der Waals surface area contributed by atoms with Crippen LogP contribution in [0.3, 0.4) is 0 Å². The van der Waals surface area contributed by atoms with Crippen molar-refractivity contribution in [1.82, 2.24) is 5.32 Å². The number of nitrogens with one attached hydrogen (secondary N) is 2. The lowest BCUT2D eigenvalue weighted by atomic mass is 10.0. The molecule has 2 amide bonds. The highest BCUT2D eigenvalue weighted by Gasteiger charge is 2.27. The first-order valence-electron chi connectivity index (χ1n) is 10.9. The highest BCUT2D eigenvalue weighted by Crippen LogP contribution is 2.25. The molecule has 2 aromatic rings. The van der Waals surface area contributed by atoms with Crippen LogP contribution in [0.5, 0.6) is 11.5 Å². The Bertz CT molecular complexity index is 1010. The van der Waals surface area contributed by atoms with E-state index in [2.05, 4.69) is 10.6 Å². The minimum atomic E-state index is -0.928. The quantitative estimate of drug-likeness (QED) is 0.565. The van der Waals surface area contributed by atoms with Crippen molar-refractivity contribution in [2.24, 2.45) is 5.92 Å². The van der Waals surface area contributed by atoms with E-state index >= 15 is 0 Å². The smallest absolute Gasteiger partial charge is 0.329 e. The van der Waals surface area contributed by atoms with E-state index in [1.807, 2.05) is 18.2 Å². The summed E-state index contributed by atoms with van der Waals surface area (Å²) in [6, 6.07) is 9.63. The summed E-state index contributed by atoms with van der Waals surface area (Å²) in [7, 11) is 2.97. The Morgan fingerprint density at radius 1 is 0.939 bits per heavy atom. The number of amides is 2. The standard InChI is InChI=1S/C25H30N2O6/c1-15(2)23(27-24(29)18-11-20(31-3)13-21(12-18)32-4)25(30)33-14-22(28)26-19-9-8-16-6-5-7-17(16)10-19/h8-13,15,23H,5-7,14H2,1-4H3,(H,26,28)(H,27,29)/t23-/m0/s1. The zero-order valence-electron chi connectivity index (χ0n) is 19.4. The highest BCUT2D eigenvalue weighted by atomic mass is 16.5. The summed E-state index contributed by atoms with van der Waals surface area (Å²) in [5, 5.41) is 5.44. The van der Waals surface area contributed by atoms with E-state index in [0.29, 0.717) is 17.2 Å². The van der Waals surface area contributed by atoms with Crippen LogP contribution in [0.1, 0.15) is 41.8 Å². The Labute approximate surface area is 193 Å². The molecule has 3 rings (SSSR count). The predicted molar refractivity (Wildman–Crippen MR) is 124 cm³/mol. The molecular formula is C25H30N2O6. The fourth-order valence-corrected chi connectivity index (χ4v) is 3.73. The number of esters is 1. The van der Waals surface area contributed by atoms with Gasteiger partial charge >= 0.3 is 5.97 Å². The van der Waals surface area contributed by atoms with E-state index in [4.69, 9.17) is 14.2 Å². The van der Waals surface area contributed by atoms with Gasteiger partial charge in [0.25, 0.3) is 11.8 Å². The number of benzene rings is 2. The molecule has 0 heterocycles. The van der Waals surface area contributed by atoms with Gasteiger partial charge in [-0.15, -0.1) is 0 Å². The number of fused-ring (bicyclic) bond motifs is 1. The third kappa shape index (κ3) is 6.25. The van der Waals surface area contributed by atoms with Gasteiger partial charge in [0.15, 0.2) is 6.61 Å². The van der Waals surface area contributed by atoms with Crippen LogP contribution >= 0.6 is 0 Å². The molecule has 1 aliphatic rings. The van der Waals surface area contributed by atoms with Crippen molar-refractivity contribution in [2.75, 3.05) is 26.1 Å². The number of carbonyl (C=O) groups is 3. The van der Waals surface area contributed by atoms with Crippen LogP contribution in [-0.2, 0) is 27.2 Å². The van der Waals surface area contributed by atoms with Crippen molar-refractivity contribution in [3.05, 3.63) is 53.1 Å². The van der Waals surface area contributed by atoms with Crippen molar-refractivity contribution in [3.8, 4) is 11.5 Å². The lowest BCUT2D eigenvalue weighted by Crippen LogP contribution is -2.46. The second-order valence-corrected chi connectivity index (χ2v) is 8.29. The van der Waals surface area contributed by atoms with Crippen LogP contribution in [-0.4, -0.2) is 44.7 Å². The summed E-state index contributed by atoms with van der Waals surface area (Å²) in [5.41, 5.74) is 3.50. The van der Waals surface area contributed by atoms with E-state index in [-0.39, 0.29) is 11.5 Å². The summed E-state index contributed by atoms with van der Waals surface area (Å²) in [6.45, 7) is 3.12. The van der Waals surface area contributed by atoms with Crippen LogP contribution in [0.15, 0.2) is 36.4 Å². The number of hydrogen-bond donors (Lipinski definition) is 2. The fourth-order valence-electron chi connectivity index (χ4n) is 3.73. The van der Waals surface area contributed by atoms with Gasteiger partial charge in [0, 0.05) is 17.3 Å². The number of rotatable bonds is 9. The largest absolute Gasteiger partial charge is 0.497 e. The SMILES string of the molecule is COc1cc(OC)cc(C(=O)N[C@H](C(=O)OCC(=O)Nc2ccc3c(c2)CCC3)C(C)C)c1. The number of carbonyl (C=O) groups excluding carboxylic acids is 3. The lowest BCUT2D eigenvalue weighted by Gasteiger charge is -2.21.